The molecule has 2 aromatic rings. The average Bonchev–Trinajstić information content (AvgIpc) is 2.87. The molecule has 0 saturated heterocycles. The van der Waals surface area contributed by atoms with Crippen LogP contribution in [0.15, 0.2) is 24.3 Å². The monoisotopic (exact) mass is 512 g/mol. The zero-order valence-electron chi connectivity index (χ0n) is 22.1. The molecule has 0 radical (unpaired) electrons. The van der Waals surface area contributed by atoms with Crippen LogP contribution in [0.4, 0.5) is 0 Å². The highest BCUT2D eigenvalue weighted by Crippen LogP contribution is 2.36. The molecule has 1 aliphatic heterocycles. The summed E-state index contributed by atoms with van der Waals surface area (Å²) in [6.45, 7) is 6.01. The maximum absolute atomic E-state index is 12.2. The Labute approximate surface area is 217 Å². The number of hydrogen-bond acceptors (Lipinski definition) is 7. The number of hydrogen-bond donors (Lipinski definition) is 1. The number of ketones is 2. The Kier molecular flexibility index (Phi) is 9.94. The first-order valence-electron chi connectivity index (χ1n) is 12.8. The van der Waals surface area contributed by atoms with Crippen LogP contribution in [-0.4, -0.2) is 49.1 Å². The normalized spacial score (nSPS) is 14.3. The lowest BCUT2D eigenvalue weighted by molar-refractivity contribution is -0.145. The Balaban J connectivity index is 1.53. The van der Waals surface area contributed by atoms with Crippen LogP contribution in [0.5, 0.6) is 23.0 Å². The van der Waals surface area contributed by atoms with Crippen LogP contribution in [0, 0.1) is 0 Å². The topological polar surface area (TPSA) is 108 Å². The van der Waals surface area contributed by atoms with Gasteiger partial charge in [-0.25, -0.2) is 4.79 Å². The number of aryl methyl sites for hydroxylation is 1. The molecule has 2 aromatic carbocycles. The number of rotatable bonds is 14. The summed E-state index contributed by atoms with van der Waals surface area (Å²) < 4.78 is 23.1. The maximum atomic E-state index is 12.2. The molecule has 200 valence electrons. The number of carbonyl (C=O) groups is 3. The number of carbonyl (C=O) groups excluding carboxylic acids is 2. The van der Waals surface area contributed by atoms with E-state index < -0.39 is 12.1 Å². The van der Waals surface area contributed by atoms with Crippen molar-refractivity contribution in [3.63, 3.8) is 0 Å². The zero-order valence-corrected chi connectivity index (χ0v) is 22.1. The number of carboxylic acids is 1. The molecule has 37 heavy (non-hydrogen) atoms. The summed E-state index contributed by atoms with van der Waals surface area (Å²) in [6, 6.07) is 6.97. The molecule has 8 heteroatoms. The Morgan fingerprint density at radius 1 is 0.973 bits per heavy atom. The van der Waals surface area contributed by atoms with E-state index in [-0.39, 0.29) is 11.6 Å². The smallest absolute Gasteiger partial charge is 0.344 e. The van der Waals surface area contributed by atoms with E-state index in [4.69, 9.17) is 18.9 Å². The molecule has 1 atom stereocenters. The fraction of sp³-hybridized carbons (Fsp3) is 0.483. The third-order valence-corrected chi connectivity index (χ3v) is 6.37. The van der Waals surface area contributed by atoms with Crippen molar-refractivity contribution in [2.45, 2.75) is 71.8 Å². The van der Waals surface area contributed by atoms with E-state index in [1.807, 2.05) is 6.07 Å². The summed E-state index contributed by atoms with van der Waals surface area (Å²) in [4.78, 5) is 35.4. The molecule has 8 nitrogen and oxygen atoms in total. The molecule has 0 spiro atoms. The van der Waals surface area contributed by atoms with E-state index in [0.29, 0.717) is 54.4 Å². The fourth-order valence-electron chi connectivity index (χ4n) is 4.47. The molecule has 0 fully saturated rings. The molecule has 0 saturated carbocycles. The minimum atomic E-state index is -0.999. The van der Waals surface area contributed by atoms with Crippen molar-refractivity contribution in [2.75, 3.05) is 20.3 Å². The predicted octanol–water partition coefficient (Wildman–Crippen LogP) is 5.46. The average molecular weight is 513 g/mol. The largest absolute Gasteiger partial charge is 0.496 e. The summed E-state index contributed by atoms with van der Waals surface area (Å²) in [6.07, 6.45) is 4.08. The van der Waals surface area contributed by atoms with Crippen LogP contribution in [0.2, 0.25) is 0 Å². The Morgan fingerprint density at radius 2 is 1.65 bits per heavy atom. The van der Waals surface area contributed by atoms with Crippen LogP contribution >= 0.6 is 0 Å². The highest BCUT2D eigenvalue weighted by molar-refractivity contribution is 5.98. The zero-order chi connectivity index (χ0) is 26.9. The molecule has 0 amide bonds. The second kappa shape index (κ2) is 13.1. The number of methoxy groups -OCH3 is 1. The van der Waals surface area contributed by atoms with Crippen molar-refractivity contribution in [2.24, 2.45) is 0 Å². The van der Waals surface area contributed by atoms with Gasteiger partial charge in [0.1, 0.15) is 23.0 Å². The SMILES string of the molecule is CCCc1c(OCCCCCOc2cc3c(cc2C(C)=O)CCC(C(=O)O)O3)ccc(C(C)=O)c1OC. The minimum Gasteiger partial charge on any atom is -0.496 e. The molecule has 1 aliphatic rings. The van der Waals surface area contributed by atoms with Gasteiger partial charge in [0.25, 0.3) is 0 Å². The number of benzene rings is 2. The van der Waals surface area contributed by atoms with Gasteiger partial charge >= 0.3 is 5.97 Å². The van der Waals surface area contributed by atoms with Gasteiger partial charge in [-0.2, -0.15) is 0 Å². The van der Waals surface area contributed by atoms with Gasteiger partial charge in [-0.1, -0.05) is 13.3 Å². The van der Waals surface area contributed by atoms with E-state index >= 15 is 0 Å². The molecule has 0 aliphatic carbocycles. The van der Waals surface area contributed by atoms with Crippen molar-refractivity contribution in [1.82, 2.24) is 0 Å². The number of carboxylic acid groups (broad SMARTS) is 1. The lowest BCUT2D eigenvalue weighted by Gasteiger charge is -2.24. The highest BCUT2D eigenvalue weighted by atomic mass is 16.5. The van der Waals surface area contributed by atoms with Gasteiger partial charge in [0.05, 0.1) is 31.5 Å². The van der Waals surface area contributed by atoms with Crippen molar-refractivity contribution < 1.29 is 38.4 Å². The van der Waals surface area contributed by atoms with Gasteiger partial charge in [-0.3, -0.25) is 9.59 Å². The van der Waals surface area contributed by atoms with Crippen molar-refractivity contribution in [3.05, 3.63) is 46.5 Å². The molecule has 1 heterocycles. The molecular weight excluding hydrogens is 476 g/mol. The van der Waals surface area contributed by atoms with Crippen LogP contribution in [0.25, 0.3) is 0 Å². The third-order valence-electron chi connectivity index (χ3n) is 6.37. The lowest BCUT2D eigenvalue weighted by Crippen LogP contribution is -2.31. The summed E-state index contributed by atoms with van der Waals surface area (Å²) in [5.74, 6) is 1.05. The van der Waals surface area contributed by atoms with Gasteiger partial charge < -0.3 is 24.1 Å². The van der Waals surface area contributed by atoms with E-state index in [2.05, 4.69) is 6.92 Å². The van der Waals surface area contributed by atoms with Gasteiger partial charge in [-0.15, -0.1) is 0 Å². The predicted molar refractivity (Wildman–Crippen MR) is 139 cm³/mol. The Bertz CT molecular complexity index is 1140. The molecule has 1 N–H and O–H groups in total. The van der Waals surface area contributed by atoms with Crippen LogP contribution in [-0.2, 0) is 17.6 Å². The molecule has 1 unspecified atom stereocenters. The van der Waals surface area contributed by atoms with Crippen molar-refractivity contribution in [3.8, 4) is 23.0 Å². The summed E-state index contributed by atoms with van der Waals surface area (Å²) in [7, 11) is 1.57. The van der Waals surface area contributed by atoms with Crippen molar-refractivity contribution >= 4 is 17.5 Å². The standard InChI is InChI=1S/C29H36O8/c1-5-9-22-24(13-11-21(18(2)30)28(22)34-4)35-14-7-6-8-15-36-27-17-26-20(16-23(27)19(3)31)10-12-25(37-26)29(32)33/h11,13,16-17,25H,5-10,12,14-15H2,1-4H3,(H,32,33). The molecule has 0 bridgehead atoms. The van der Waals surface area contributed by atoms with E-state index in [1.165, 1.54) is 13.8 Å². The Morgan fingerprint density at radius 3 is 2.24 bits per heavy atom. The lowest BCUT2D eigenvalue weighted by atomic mass is 9.98. The first-order valence-corrected chi connectivity index (χ1v) is 12.8. The first kappa shape index (κ1) is 28.0. The van der Waals surface area contributed by atoms with E-state index in [9.17, 15) is 19.5 Å². The van der Waals surface area contributed by atoms with E-state index in [0.717, 1.165) is 49.0 Å². The summed E-state index contributed by atoms with van der Waals surface area (Å²) in [5, 5.41) is 9.25. The number of Topliss-reactive ketones (excluding diaryl/α,β-unsaturated/α-hetero) is 2. The number of fused-ring (bicyclic) bond motifs is 1. The molecular formula is C29H36O8. The summed E-state index contributed by atoms with van der Waals surface area (Å²) in [5.41, 5.74) is 2.78. The number of unbranched alkanes of at least 4 members (excludes halogenated alkanes) is 2. The Hall–Kier alpha value is -3.55. The van der Waals surface area contributed by atoms with Gasteiger partial charge in [-0.05, 0) is 76.1 Å². The van der Waals surface area contributed by atoms with E-state index in [1.54, 1.807) is 25.3 Å². The minimum absolute atomic E-state index is 0.0409. The van der Waals surface area contributed by atoms with Gasteiger partial charge in [0.15, 0.2) is 17.7 Å². The van der Waals surface area contributed by atoms with Crippen molar-refractivity contribution in [1.29, 1.82) is 0 Å². The third kappa shape index (κ3) is 7.02. The summed E-state index contributed by atoms with van der Waals surface area (Å²) >= 11 is 0. The first-order chi connectivity index (χ1) is 17.8. The van der Waals surface area contributed by atoms with Gasteiger partial charge in [0.2, 0.25) is 0 Å². The molecule has 3 rings (SSSR count). The fourth-order valence-corrected chi connectivity index (χ4v) is 4.47. The van der Waals surface area contributed by atoms with Crippen LogP contribution in [0.1, 0.15) is 84.7 Å². The quantitative estimate of drug-likeness (QED) is 0.263. The highest BCUT2D eigenvalue weighted by Gasteiger charge is 2.27. The van der Waals surface area contributed by atoms with Gasteiger partial charge in [0, 0.05) is 11.6 Å². The number of aliphatic carboxylic acids is 1. The van der Waals surface area contributed by atoms with Crippen LogP contribution in [0.3, 0.4) is 0 Å². The second-order valence-corrected chi connectivity index (χ2v) is 9.18. The number of ether oxygens (including phenoxy) is 4. The molecule has 0 aromatic heterocycles. The maximum Gasteiger partial charge on any atom is 0.344 e. The van der Waals surface area contributed by atoms with Crippen LogP contribution < -0.4 is 18.9 Å². The second-order valence-electron chi connectivity index (χ2n) is 9.18.